The lowest BCUT2D eigenvalue weighted by Crippen LogP contribution is -2.30. The molecule has 0 heterocycles. The Morgan fingerprint density at radius 3 is 0.827 bits per heavy atom. The van der Waals surface area contributed by atoms with Crippen LogP contribution < -0.4 is 0 Å². The molecular formula is C91H150O17P2. The summed E-state index contributed by atoms with van der Waals surface area (Å²) in [5.74, 6) is -2.38. The maximum atomic E-state index is 13.1. The van der Waals surface area contributed by atoms with Crippen LogP contribution in [0, 0.1) is 0 Å². The van der Waals surface area contributed by atoms with Gasteiger partial charge in [-0.25, -0.2) is 9.13 Å². The summed E-state index contributed by atoms with van der Waals surface area (Å²) in [6, 6.07) is 0. The van der Waals surface area contributed by atoms with Crippen molar-refractivity contribution in [2.24, 2.45) is 0 Å². The summed E-state index contributed by atoms with van der Waals surface area (Å²) in [4.78, 5) is 73.2. The second kappa shape index (κ2) is 81.4. The highest BCUT2D eigenvalue weighted by Crippen LogP contribution is 2.45. The zero-order valence-corrected chi connectivity index (χ0v) is 70.4. The van der Waals surface area contributed by atoms with Crippen LogP contribution in [0.4, 0.5) is 0 Å². The smallest absolute Gasteiger partial charge is 0.462 e. The number of hydrogen-bond acceptors (Lipinski definition) is 15. The number of hydrogen-bond donors (Lipinski definition) is 3. The van der Waals surface area contributed by atoms with Crippen LogP contribution >= 0.6 is 15.6 Å². The van der Waals surface area contributed by atoms with Gasteiger partial charge in [-0.2, -0.15) is 0 Å². The molecule has 19 heteroatoms. The summed E-state index contributed by atoms with van der Waals surface area (Å²) in [7, 11) is -10.0. The summed E-state index contributed by atoms with van der Waals surface area (Å²) in [6.07, 6.45) is 97.7. The molecular weight excluding hydrogens is 1430 g/mol. The van der Waals surface area contributed by atoms with E-state index in [2.05, 4.69) is 167 Å². The molecule has 0 aromatic heterocycles. The molecule has 0 aromatic carbocycles. The molecule has 17 nitrogen and oxygen atoms in total. The fraction of sp³-hybridized carbons (Fsp3) is 0.648. The normalized spacial score (nSPS) is 14.6. The van der Waals surface area contributed by atoms with Crippen molar-refractivity contribution in [3.63, 3.8) is 0 Å². The predicted molar refractivity (Wildman–Crippen MR) is 454 cm³/mol. The van der Waals surface area contributed by atoms with Gasteiger partial charge in [0.2, 0.25) is 0 Å². The first-order valence-electron chi connectivity index (χ1n) is 42.4. The first-order valence-corrected chi connectivity index (χ1v) is 45.4. The quantitative estimate of drug-likeness (QED) is 0.0169. The van der Waals surface area contributed by atoms with Crippen LogP contribution in [0.2, 0.25) is 0 Å². The fourth-order valence-electron chi connectivity index (χ4n) is 10.8. The molecule has 0 saturated heterocycles. The number of ether oxygens (including phenoxy) is 4. The molecule has 0 radical (unpaired) electrons. The molecule has 0 rings (SSSR count). The lowest BCUT2D eigenvalue weighted by Gasteiger charge is -2.21. The van der Waals surface area contributed by atoms with Crippen LogP contribution in [-0.4, -0.2) is 96.7 Å². The minimum absolute atomic E-state index is 0.0134. The number of esters is 4. The Kier molecular flexibility index (Phi) is 77.3. The van der Waals surface area contributed by atoms with E-state index < -0.39 is 97.5 Å². The Bertz CT molecular complexity index is 2750. The van der Waals surface area contributed by atoms with Crippen molar-refractivity contribution in [2.75, 3.05) is 39.6 Å². The number of carbonyl (C=O) groups is 4. The highest BCUT2D eigenvalue weighted by atomic mass is 31.2. The van der Waals surface area contributed by atoms with Gasteiger partial charge < -0.3 is 33.8 Å². The predicted octanol–water partition coefficient (Wildman–Crippen LogP) is 25.3. The van der Waals surface area contributed by atoms with E-state index in [4.69, 9.17) is 37.0 Å². The fourth-order valence-corrected chi connectivity index (χ4v) is 12.3. The molecule has 0 amide bonds. The van der Waals surface area contributed by atoms with Crippen molar-refractivity contribution < 1.29 is 80.2 Å². The number of unbranched alkanes of at least 4 members (excludes halogenated alkanes) is 24. The third-order valence-electron chi connectivity index (χ3n) is 17.2. The van der Waals surface area contributed by atoms with E-state index >= 15 is 0 Å². The van der Waals surface area contributed by atoms with Crippen LogP contribution in [-0.2, 0) is 65.4 Å². The van der Waals surface area contributed by atoms with Crippen molar-refractivity contribution in [2.45, 2.75) is 341 Å². The van der Waals surface area contributed by atoms with Crippen molar-refractivity contribution in [1.29, 1.82) is 0 Å². The molecule has 626 valence electrons. The summed E-state index contributed by atoms with van der Waals surface area (Å²) >= 11 is 0. The third-order valence-corrected chi connectivity index (χ3v) is 19.1. The number of aliphatic hydroxyl groups is 1. The average Bonchev–Trinajstić information content (AvgIpc) is 0.907. The molecule has 0 aromatic rings. The van der Waals surface area contributed by atoms with E-state index in [0.717, 1.165) is 128 Å². The number of phosphoric acid groups is 2. The van der Waals surface area contributed by atoms with Gasteiger partial charge in [-0.1, -0.05) is 320 Å². The van der Waals surface area contributed by atoms with Gasteiger partial charge in [0.1, 0.15) is 19.3 Å². The van der Waals surface area contributed by atoms with Gasteiger partial charge in [-0.05, 0) is 148 Å². The minimum Gasteiger partial charge on any atom is -0.462 e. The van der Waals surface area contributed by atoms with E-state index in [9.17, 15) is 43.2 Å². The molecule has 0 fully saturated rings. The maximum absolute atomic E-state index is 13.1. The monoisotopic (exact) mass is 1580 g/mol. The molecule has 0 aliphatic rings. The largest absolute Gasteiger partial charge is 0.472 e. The zero-order chi connectivity index (χ0) is 80.3. The lowest BCUT2D eigenvalue weighted by molar-refractivity contribution is -0.161. The van der Waals surface area contributed by atoms with E-state index in [0.29, 0.717) is 38.5 Å². The Morgan fingerprint density at radius 1 is 0.264 bits per heavy atom. The third kappa shape index (κ3) is 80.5. The van der Waals surface area contributed by atoms with Crippen LogP contribution in [0.1, 0.15) is 323 Å². The number of carbonyl (C=O) groups excluding carboxylic acids is 4. The summed E-state index contributed by atoms with van der Waals surface area (Å²) < 4.78 is 68.6. The SMILES string of the molecule is CC/C=C\C/C=C\C/C=C\C/C=C\C/C=C\CCCCCC(=O)OC[C@H](COP(=O)(O)OC[C@@H](O)COP(=O)(O)OC[C@@H](COC(=O)CCCCCCCCCCCCCCCCC)OC(=O)CCC/C=C\C/C=C\C/C=C\C/C=C\CCCCC)OC(=O)CC/C=C\C/C=C\C/C=C\C/C=C\C/C=C\CCCCC. The second-order valence-corrected chi connectivity index (χ2v) is 30.6. The molecule has 0 saturated carbocycles. The number of phosphoric ester groups is 2. The molecule has 5 atom stereocenters. The summed E-state index contributed by atoms with van der Waals surface area (Å²) in [6.45, 7) is 4.54. The van der Waals surface area contributed by atoms with Gasteiger partial charge in [-0.3, -0.25) is 37.3 Å². The molecule has 0 aliphatic carbocycles. The van der Waals surface area contributed by atoms with Crippen molar-refractivity contribution in [3.05, 3.63) is 170 Å². The van der Waals surface area contributed by atoms with Gasteiger partial charge in [0.25, 0.3) is 0 Å². The molecule has 2 unspecified atom stereocenters. The number of allylic oxidation sites excluding steroid dienone is 28. The van der Waals surface area contributed by atoms with E-state index in [1.54, 1.807) is 0 Å². The summed E-state index contributed by atoms with van der Waals surface area (Å²) in [5.41, 5.74) is 0. The van der Waals surface area contributed by atoms with E-state index in [-0.39, 0.29) is 25.7 Å². The van der Waals surface area contributed by atoms with Crippen molar-refractivity contribution in [3.8, 4) is 0 Å². The average molecular weight is 1580 g/mol. The van der Waals surface area contributed by atoms with Gasteiger partial charge in [0.05, 0.1) is 26.4 Å². The van der Waals surface area contributed by atoms with Crippen LogP contribution in [0.25, 0.3) is 0 Å². The molecule has 0 aliphatic heterocycles. The van der Waals surface area contributed by atoms with Gasteiger partial charge >= 0.3 is 39.5 Å². The van der Waals surface area contributed by atoms with Crippen LogP contribution in [0.15, 0.2) is 170 Å². The standard InChI is InChI=1S/C91H150O17P2/c1-5-9-13-17-21-25-29-33-37-40-42-45-48-52-56-60-64-68-72-76-89(94)102-82-87(108-91(96)78-74-70-66-62-58-54-50-46-43-41-38-34-30-26-22-18-14-10-6-2)84-106-110(99,100)104-80-85(92)79-103-109(97,98)105-83-86(81-101-88(93)75-71-67-63-59-55-51-47-36-32-28-24-20-16-12-8-4)107-90(95)77-73-69-65-61-57-53-49-44-39-35-31-27-23-19-15-11-7-3/h9,13,21-23,25-27,33-35,37-39,42-43,45-46,49,52-54,56,58,61,65-66,70,85-87,92H,5-8,10-12,14-20,24,28-32,36,40-41,44,47-48,50-51,55,57,59-60,62-64,67-69,71-84H2,1-4H3,(H,97,98)(H,99,100)/b13-9-,25-21-,26-22-,27-23-,37-33-,38-34-,39-35-,45-42-,46-43-,53-49-,56-52-,58-54-,65-61-,70-66-/t85-,86+,87+/m0/s1. The first kappa shape index (κ1) is 104. The Balaban J connectivity index is 5.54. The van der Waals surface area contributed by atoms with Crippen LogP contribution in [0.3, 0.4) is 0 Å². The topological polar surface area (TPSA) is 237 Å². The highest BCUT2D eigenvalue weighted by Gasteiger charge is 2.30. The Morgan fingerprint density at radius 2 is 0.500 bits per heavy atom. The zero-order valence-electron chi connectivity index (χ0n) is 68.6. The first-order chi connectivity index (χ1) is 53.7. The molecule has 110 heavy (non-hydrogen) atoms. The molecule has 0 spiro atoms. The number of aliphatic hydroxyl groups excluding tert-OH is 1. The molecule has 3 N–H and O–H groups in total. The van der Waals surface area contributed by atoms with Gasteiger partial charge in [0, 0.05) is 25.7 Å². The lowest BCUT2D eigenvalue weighted by atomic mass is 10.0. The highest BCUT2D eigenvalue weighted by molar-refractivity contribution is 7.47. The van der Waals surface area contributed by atoms with Crippen molar-refractivity contribution >= 4 is 39.5 Å². The Hall–Kier alpha value is -5.58. The van der Waals surface area contributed by atoms with Crippen molar-refractivity contribution in [1.82, 2.24) is 0 Å². The maximum Gasteiger partial charge on any atom is 0.472 e. The van der Waals surface area contributed by atoms with E-state index in [1.165, 1.54) is 103 Å². The second-order valence-electron chi connectivity index (χ2n) is 27.7. The van der Waals surface area contributed by atoms with E-state index in [1.807, 2.05) is 30.4 Å². The van der Waals surface area contributed by atoms with Gasteiger partial charge in [-0.15, -0.1) is 0 Å². The number of rotatable bonds is 78. The summed E-state index contributed by atoms with van der Waals surface area (Å²) in [5, 5.41) is 10.7. The van der Waals surface area contributed by atoms with Gasteiger partial charge in [0.15, 0.2) is 12.2 Å². The minimum atomic E-state index is -5.02. The molecule has 0 bridgehead atoms. The Labute approximate surface area is 667 Å². The van der Waals surface area contributed by atoms with Crippen LogP contribution in [0.5, 0.6) is 0 Å².